The Bertz CT molecular complexity index is 322. The molecule has 4 heteroatoms. The van der Waals surface area contributed by atoms with Crippen LogP contribution >= 0.6 is 0 Å². The Balaban J connectivity index is 2.49. The van der Waals surface area contributed by atoms with E-state index >= 15 is 0 Å². The number of carboxylic acids is 1. The fraction of sp³-hybridized carbons (Fsp3) is 0.875. The monoisotopic (exact) mass is 283 g/mol. The van der Waals surface area contributed by atoms with Gasteiger partial charge in [-0.05, 0) is 25.7 Å². The maximum Gasteiger partial charge on any atom is 0.305 e. The third-order valence-corrected chi connectivity index (χ3v) is 4.46. The molecule has 0 aromatic heterocycles. The van der Waals surface area contributed by atoms with Gasteiger partial charge in [0.05, 0.1) is 6.42 Å². The van der Waals surface area contributed by atoms with Gasteiger partial charge in [0.15, 0.2) is 0 Å². The molecule has 1 unspecified atom stereocenters. The molecule has 0 bridgehead atoms. The summed E-state index contributed by atoms with van der Waals surface area (Å²) in [5.74, 6) is 0.346. The lowest BCUT2D eigenvalue weighted by atomic mass is 9.79. The lowest BCUT2D eigenvalue weighted by Gasteiger charge is -2.31. The van der Waals surface area contributed by atoms with E-state index in [4.69, 9.17) is 5.11 Å². The summed E-state index contributed by atoms with van der Waals surface area (Å²) in [7, 11) is 0. The zero-order valence-electron chi connectivity index (χ0n) is 13.1. The largest absolute Gasteiger partial charge is 0.481 e. The average Bonchev–Trinajstić information content (AvgIpc) is 2.39. The molecule has 0 aromatic carbocycles. The van der Waals surface area contributed by atoms with Gasteiger partial charge in [0, 0.05) is 19.0 Å². The average molecular weight is 283 g/mol. The van der Waals surface area contributed by atoms with Crippen LogP contribution in [-0.2, 0) is 9.59 Å². The first-order valence-corrected chi connectivity index (χ1v) is 7.93. The van der Waals surface area contributed by atoms with Gasteiger partial charge in [0.2, 0.25) is 5.91 Å². The molecular weight excluding hydrogens is 254 g/mol. The van der Waals surface area contributed by atoms with Gasteiger partial charge in [-0.2, -0.15) is 0 Å². The van der Waals surface area contributed by atoms with Crippen LogP contribution < -0.4 is 0 Å². The zero-order chi connectivity index (χ0) is 15.1. The Hall–Kier alpha value is -1.06. The number of carbonyl (C=O) groups excluding carboxylic acids is 1. The van der Waals surface area contributed by atoms with Gasteiger partial charge < -0.3 is 10.0 Å². The maximum atomic E-state index is 12.4. The van der Waals surface area contributed by atoms with E-state index in [1.165, 1.54) is 32.1 Å². The Morgan fingerprint density at radius 1 is 1.15 bits per heavy atom. The van der Waals surface area contributed by atoms with Gasteiger partial charge in [-0.15, -0.1) is 0 Å². The highest BCUT2D eigenvalue weighted by Crippen LogP contribution is 2.31. The van der Waals surface area contributed by atoms with Crippen LogP contribution in [0.2, 0.25) is 0 Å². The van der Waals surface area contributed by atoms with Gasteiger partial charge in [0.1, 0.15) is 0 Å². The summed E-state index contributed by atoms with van der Waals surface area (Å²) >= 11 is 0. The molecule has 4 nitrogen and oxygen atoms in total. The highest BCUT2D eigenvalue weighted by Gasteiger charge is 2.25. The summed E-state index contributed by atoms with van der Waals surface area (Å²) < 4.78 is 0. The Kier molecular flexibility index (Phi) is 7.03. The SMILES string of the molecule is CC(CC(=O)N(CCC(=O)O)C(C)C)C1CCCCC1. The summed E-state index contributed by atoms with van der Waals surface area (Å²) in [6, 6.07) is 0.0698. The van der Waals surface area contributed by atoms with Crippen molar-refractivity contribution in [1.82, 2.24) is 4.90 Å². The van der Waals surface area contributed by atoms with Gasteiger partial charge in [-0.25, -0.2) is 0 Å². The predicted molar refractivity (Wildman–Crippen MR) is 79.5 cm³/mol. The Morgan fingerprint density at radius 3 is 2.25 bits per heavy atom. The van der Waals surface area contributed by atoms with Crippen molar-refractivity contribution in [3.8, 4) is 0 Å². The number of nitrogens with zero attached hydrogens (tertiary/aromatic N) is 1. The number of hydrogen-bond donors (Lipinski definition) is 1. The highest BCUT2D eigenvalue weighted by atomic mass is 16.4. The first-order chi connectivity index (χ1) is 9.41. The molecular formula is C16H29NO3. The van der Waals surface area contributed by atoms with Gasteiger partial charge in [-0.1, -0.05) is 39.0 Å². The van der Waals surface area contributed by atoms with Crippen LogP contribution in [0.1, 0.15) is 65.7 Å². The standard InChI is InChI=1S/C16H29NO3/c1-12(2)17(10-9-16(19)20)15(18)11-13(3)14-7-5-4-6-8-14/h12-14H,4-11H2,1-3H3,(H,19,20). The van der Waals surface area contributed by atoms with E-state index < -0.39 is 5.97 Å². The fourth-order valence-electron chi connectivity index (χ4n) is 3.15. The third-order valence-electron chi connectivity index (χ3n) is 4.46. The lowest BCUT2D eigenvalue weighted by Crippen LogP contribution is -2.39. The second-order valence-corrected chi connectivity index (χ2v) is 6.40. The van der Waals surface area contributed by atoms with E-state index in [1.807, 2.05) is 13.8 Å². The van der Waals surface area contributed by atoms with Crippen molar-refractivity contribution in [1.29, 1.82) is 0 Å². The number of carboxylic acid groups (broad SMARTS) is 1. The van der Waals surface area contributed by atoms with Gasteiger partial charge in [0.25, 0.3) is 0 Å². The smallest absolute Gasteiger partial charge is 0.305 e. The molecule has 20 heavy (non-hydrogen) atoms. The first-order valence-electron chi connectivity index (χ1n) is 7.93. The minimum Gasteiger partial charge on any atom is -0.481 e. The molecule has 1 N–H and O–H groups in total. The van der Waals surface area contributed by atoms with Gasteiger partial charge >= 0.3 is 5.97 Å². The van der Waals surface area contributed by atoms with Crippen LogP contribution in [0.25, 0.3) is 0 Å². The van der Waals surface area contributed by atoms with Crippen LogP contribution in [0.3, 0.4) is 0 Å². The molecule has 0 aliphatic heterocycles. The molecule has 1 atom stereocenters. The molecule has 1 fully saturated rings. The molecule has 0 radical (unpaired) electrons. The summed E-state index contributed by atoms with van der Waals surface area (Å²) in [5.41, 5.74) is 0. The summed E-state index contributed by atoms with van der Waals surface area (Å²) in [6.07, 6.45) is 6.97. The van der Waals surface area contributed by atoms with Gasteiger partial charge in [-0.3, -0.25) is 9.59 Å². The van der Waals surface area contributed by atoms with Crippen molar-refractivity contribution in [3.05, 3.63) is 0 Å². The minimum atomic E-state index is -0.844. The molecule has 1 aliphatic carbocycles. The van der Waals surface area contributed by atoms with Crippen molar-refractivity contribution >= 4 is 11.9 Å². The van der Waals surface area contributed by atoms with E-state index in [1.54, 1.807) is 4.90 Å². The third kappa shape index (κ3) is 5.51. The number of aliphatic carboxylic acids is 1. The number of carbonyl (C=O) groups is 2. The summed E-state index contributed by atoms with van der Waals surface area (Å²) in [5, 5.41) is 8.77. The van der Waals surface area contributed by atoms with E-state index in [0.717, 1.165) is 0 Å². The van der Waals surface area contributed by atoms with Crippen LogP contribution in [0.15, 0.2) is 0 Å². The van der Waals surface area contributed by atoms with Crippen LogP contribution in [-0.4, -0.2) is 34.5 Å². The van der Waals surface area contributed by atoms with E-state index in [0.29, 0.717) is 24.8 Å². The summed E-state index contributed by atoms with van der Waals surface area (Å²) in [4.78, 5) is 24.8. The molecule has 1 amide bonds. The number of hydrogen-bond acceptors (Lipinski definition) is 2. The number of rotatable bonds is 7. The number of amides is 1. The van der Waals surface area contributed by atoms with Crippen molar-refractivity contribution < 1.29 is 14.7 Å². The maximum absolute atomic E-state index is 12.4. The predicted octanol–water partition coefficient (Wildman–Crippen LogP) is 3.30. The molecule has 0 spiro atoms. The zero-order valence-corrected chi connectivity index (χ0v) is 13.1. The molecule has 0 saturated heterocycles. The lowest BCUT2D eigenvalue weighted by molar-refractivity contribution is -0.139. The van der Waals surface area contributed by atoms with Crippen molar-refractivity contribution in [3.63, 3.8) is 0 Å². The van der Waals surface area contributed by atoms with Crippen LogP contribution in [0, 0.1) is 11.8 Å². The molecule has 1 aliphatic rings. The van der Waals surface area contributed by atoms with Crippen molar-refractivity contribution in [2.24, 2.45) is 11.8 Å². The quantitative estimate of drug-likeness (QED) is 0.780. The highest BCUT2D eigenvalue weighted by molar-refractivity contribution is 5.77. The Labute approximate surface area is 122 Å². The molecule has 116 valence electrons. The fourth-order valence-corrected chi connectivity index (χ4v) is 3.15. The van der Waals surface area contributed by atoms with Crippen molar-refractivity contribution in [2.45, 2.75) is 71.8 Å². The first kappa shape index (κ1) is 17.0. The van der Waals surface area contributed by atoms with Crippen LogP contribution in [0.5, 0.6) is 0 Å². The molecule has 1 saturated carbocycles. The normalized spacial score (nSPS) is 18.0. The second kappa shape index (κ2) is 8.28. The van der Waals surface area contributed by atoms with Crippen molar-refractivity contribution in [2.75, 3.05) is 6.54 Å². The van der Waals surface area contributed by atoms with Crippen LogP contribution in [0.4, 0.5) is 0 Å². The minimum absolute atomic E-state index is 0.0295. The van der Waals surface area contributed by atoms with E-state index in [-0.39, 0.29) is 18.4 Å². The second-order valence-electron chi connectivity index (χ2n) is 6.40. The summed E-state index contributed by atoms with van der Waals surface area (Å²) in [6.45, 7) is 6.39. The molecule has 0 aromatic rings. The van der Waals surface area contributed by atoms with E-state index in [2.05, 4.69) is 6.92 Å². The van der Waals surface area contributed by atoms with E-state index in [9.17, 15) is 9.59 Å². The Morgan fingerprint density at radius 2 is 1.75 bits per heavy atom. The topological polar surface area (TPSA) is 57.6 Å². The molecule has 0 heterocycles. The molecule has 1 rings (SSSR count).